The Bertz CT molecular complexity index is 306. The topological polar surface area (TPSA) is 12.0 Å². The summed E-state index contributed by atoms with van der Waals surface area (Å²) in [4.78, 5) is 0. The number of rotatable bonds is 6. The van der Waals surface area contributed by atoms with E-state index in [0.717, 1.165) is 6.54 Å². The Morgan fingerprint density at radius 1 is 1.00 bits per heavy atom. The molecule has 1 aromatic carbocycles. The van der Waals surface area contributed by atoms with Gasteiger partial charge in [0, 0.05) is 5.41 Å². The lowest BCUT2D eigenvalue weighted by atomic mass is 9.62. The van der Waals surface area contributed by atoms with Gasteiger partial charge < -0.3 is 5.32 Å². The fraction of sp³-hybridized carbons (Fsp3) is 0.625. The number of hydrogen-bond acceptors (Lipinski definition) is 1. The molecule has 0 unspecified atom stereocenters. The van der Waals surface area contributed by atoms with Crippen molar-refractivity contribution in [3.8, 4) is 0 Å². The monoisotopic (exact) mass is 233 g/mol. The van der Waals surface area contributed by atoms with Gasteiger partial charge in [-0.3, -0.25) is 0 Å². The van der Waals surface area contributed by atoms with Gasteiger partial charge in [0.15, 0.2) is 0 Å². The second-order valence-electron chi connectivity index (χ2n) is 5.57. The van der Waals surface area contributed by atoms with Crippen molar-refractivity contribution >= 4 is 0 Å². The van der Waals surface area contributed by atoms with Crippen molar-refractivity contribution < 1.29 is 0 Å². The number of nitrogens with one attached hydrogen (secondary N) is 1. The molecular weight excluding hydrogens is 206 g/mol. The van der Waals surface area contributed by atoms with Crippen LogP contribution in [-0.2, 0) is 5.41 Å². The van der Waals surface area contributed by atoms with Gasteiger partial charge >= 0.3 is 0 Å². The van der Waals surface area contributed by atoms with E-state index < -0.39 is 0 Å². The predicted octanol–water partition coefficient (Wildman–Crippen LogP) is 3.85. The molecule has 0 fully saturated rings. The van der Waals surface area contributed by atoms with Crippen LogP contribution < -0.4 is 5.32 Å². The van der Waals surface area contributed by atoms with E-state index in [0.29, 0.717) is 11.8 Å². The van der Waals surface area contributed by atoms with Gasteiger partial charge in [0.1, 0.15) is 0 Å². The standard InChI is InChI=1S/C16H27N/c1-13(2)16(14(3)4,11-12-17-5)15-9-7-6-8-10-15/h6-10,13-14,17H,11-12H2,1-5H3. The van der Waals surface area contributed by atoms with Crippen LogP contribution >= 0.6 is 0 Å². The molecule has 0 radical (unpaired) electrons. The molecule has 0 bridgehead atoms. The van der Waals surface area contributed by atoms with Crippen LogP contribution in [0.15, 0.2) is 30.3 Å². The van der Waals surface area contributed by atoms with Crippen LogP contribution in [0, 0.1) is 11.8 Å². The zero-order valence-corrected chi connectivity index (χ0v) is 12.0. The maximum absolute atomic E-state index is 3.30. The minimum atomic E-state index is 0.282. The fourth-order valence-corrected chi connectivity index (χ4v) is 3.14. The SMILES string of the molecule is CNCCC(c1ccccc1)(C(C)C)C(C)C. The molecule has 1 aromatic rings. The molecule has 1 nitrogen and oxygen atoms in total. The summed E-state index contributed by atoms with van der Waals surface area (Å²) in [6.45, 7) is 10.5. The Hall–Kier alpha value is -0.820. The average Bonchev–Trinajstić information content (AvgIpc) is 2.30. The highest BCUT2D eigenvalue weighted by Gasteiger charge is 2.37. The molecule has 1 N–H and O–H groups in total. The highest BCUT2D eigenvalue weighted by molar-refractivity contribution is 5.27. The van der Waals surface area contributed by atoms with Crippen molar-refractivity contribution in [2.24, 2.45) is 11.8 Å². The third kappa shape index (κ3) is 2.90. The first kappa shape index (κ1) is 14.2. The molecule has 1 rings (SSSR count). The summed E-state index contributed by atoms with van der Waals surface area (Å²) in [6.07, 6.45) is 1.20. The largest absolute Gasteiger partial charge is 0.320 e. The number of hydrogen-bond donors (Lipinski definition) is 1. The van der Waals surface area contributed by atoms with E-state index in [-0.39, 0.29) is 5.41 Å². The third-order valence-electron chi connectivity index (χ3n) is 4.16. The molecule has 0 atom stereocenters. The molecule has 0 amide bonds. The second kappa shape index (κ2) is 6.20. The summed E-state index contributed by atoms with van der Waals surface area (Å²) in [7, 11) is 2.04. The van der Waals surface area contributed by atoms with Crippen LogP contribution in [0.4, 0.5) is 0 Å². The molecule has 0 spiro atoms. The first-order valence-electron chi connectivity index (χ1n) is 6.75. The van der Waals surface area contributed by atoms with Crippen LogP contribution in [0.5, 0.6) is 0 Å². The predicted molar refractivity (Wildman–Crippen MR) is 76.3 cm³/mol. The summed E-state index contributed by atoms with van der Waals surface area (Å²) in [6, 6.07) is 11.0. The van der Waals surface area contributed by atoms with Crippen LogP contribution in [0.3, 0.4) is 0 Å². The summed E-state index contributed by atoms with van der Waals surface area (Å²) in [5.74, 6) is 1.30. The van der Waals surface area contributed by atoms with Crippen LogP contribution in [0.25, 0.3) is 0 Å². The van der Waals surface area contributed by atoms with Gasteiger partial charge in [-0.2, -0.15) is 0 Å². The van der Waals surface area contributed by atoms with E-state index in [4.69, 9.17) is 0 Å². The number of benzene rings is 1. The van der Waals surface area contributed by atoms with Crippen LogP contribution in [0.2, 0.25) is 0 Å². The molecule has 0 saturated heterocycles. The Labute approximate surface area is 107 Å². The summed E-state index contributed by atoms with van der Waals surface area (Å²) >= 11 is 0. The molecule has 0 aromatic heterocycles. The van der Waals surface area contributed by atoms with Crippen molar-refractivity contribution in [2.75, 3.05) is 13.6 Å². The van der Waals surface area contributed by atoms with Gasteiger partial charge in [0.25, 0.3) is 0 Å². The van der Waals surface area contributed by atoms with Gasteiger partial charge in [-0.25, -0.2) is 0 Å². The quantitative estimate of drug-likeness (QED) is 0.787. The Kier molecular flexibility index (Phi) is 5.20. The van der Waals surface area contributed by atoms with Gasteiger partial charge in [0.2, 0.25) is 0 Å². The maximum atomic E-state index is 3.30. The van der Waals surface area contributed by atoms with Crippen LogP contribution in [0.1, 0.15) is 39.7 Å². The smallest absolute Gasteiger partial charge is 0.00110 e. The lowest BCUT2D eigenvalue weighted by molar-refractivity contribution is 0.201. The first-order chi connectivity index (χ1) is 8.05. The Morgan fingerprint density at radius 2 is 1.53 bits per heavy atom. The summed E-state index contributed by atoms with van der Waals surface area (Å²) in [5.41, 5.74) is 1.77. The van der Waals surface area contributed by atoms with Crippen molar-refractivity contribution in [2.45, 2.75) is 39.5 Å². The van der Waals surface area contributed by atoms with Crippen molar-refractivity contribution in [1.82, 2.24) is 5.32 Å². The molecular formula is C16H27N. The molecule has 1 heteroatoms. The van der Waals surface area contributed by atoms with E-state index in [1.807, 2.05) is 7.05 Å². The molecule has 17 heavy (non-hydrogen) atoms. The molecule has 96 valence electrons. The minimum Gasteiger partial charge on any atom is -0.320 e. The zero-order chi connectivity index (χ0) is 12.9. The normalized spacial score (nSPS) is 12.4. The zero-order valence-electron chi connectivity index (χ0n) is 12.0. The molecule has 0 heterocycles. The Morgan fingerprint density at radius 3 is 1.94 bits per heavy atom. The van der Waals surface area contributed by atoms with Gasteiger partial charge in [0.05, 0.1) is 0 Å². The first-order valence-corrected chi connectivity index (χ1v) is 6.75. The molecule has 0 aliphatic rings. The molecule has 0 aliphatic carbocycles. The lowest BCUT2D eigenvalue weighted by Crippen LogP contribution is -2.40. The van der Waals surface area contributed by atoms with E-state index in [9.17, 15) is 0 Å². The highest BCUT2D eigenvalue weighted by atomic mass is 14.8. The summed E-state index contributed by atoms with van der Waals surface area (Å²) in [5, 5.41) is 3.30. The van der Waals surface area contributed by atoms with E-state index in [1.54, 1.807) is 0 Å². The van der Waals surface area contributed by atoms with Crippen molar-refractivity contribution in [3.63, 3.8) is 0 Å². The summed E-state index contributed by atoms with van der Waals surface area (Å²) < 4.78 is 0. The minimum absolute atomic E-state index is 0.282. The van der Waals surface area contributed by atoms with E-state index >= 15 is 0 Å². The third-order valence-corrected chi connectivity index (χ3v) is 4.16. The maximum Gasteiger partial charge on any atom is 0.00110 e. The second-order valence-corrected chi connectivity index (χ2v) is 5.57. The van der Waals surface area contributed by atoms with Gasteiger partial charge in [-0.1, -0.05) is 58.0 Å². The Balaban J connectivity index is 3.15. The van der Waals surface area contributed by atoms with Crippen LogP contribution in [-0.4, -0.2) is 13.6 Å². The van der Waals surface area contributed by atoms with Gasteiger partial charge in [-0.15, -0.1) is 0 Å². The van der Waals surface area contributed by atoms with E-state index in [1.165, 1.54) is 12.0 Å². The van der Waals surface area contributed by atoms with Crippen molar-refractivity contribution in [3.05, 3.63) is 35.9 Å². The van der Waals surface area contributed by atoms with Gasteiger partial charge in [-0.05, 0) is 37.4 Å². The lowest BCUT2D eigenvalue weighted by Gasteiger charge is -2.42. The van der Waals surface area contributed by atoms with E-state index in [2.05, 4.69) is 63.3 Å². The fourth-order valence-electron chi connectivity index (χ4n) is 3.14. The van der Waals surface area contributed by atoms with Crippen molar-refractivity contribution in [1.29, 1.82) is 0 Å². The highest BCUT2D eigenvalue weighted by Crippen LogP contribution is 2.42. The molecule has 0 aliphatic heterocycles. The molecule has 0 saturated carbocycles. The average molecular weight is 233 g/mol.